The molecule has 1 aromatic heterocycles. The summed E-state index contributed by atoms with van der Waals surface area (Å²) in [4.78, 5) is 17.8. The number of aryl methyl sites for hydroxylation is 1. The van der Waals surface area contributed by atoms with E-state index in [1.807, 2.05) is 37.6 Å². The molecular formula is C23H25N3O6S2. The molecule has 180 valence electrons. The summed E-state index contributed by atoms with van der Waals surface area (Å²) in [5.41, 5.74) is 1.20. The Bertz CT molecular complexity index is 1420. The molecule has 2 aliphatic heterocycles. The lowest BCUT2D eigenvalue weighted by Crippen LogP contribution is -2.48. The van der Waals surface area contributed by atoms with E-state index in [9.17, 15) is 13.2 Å². The second kappa shape index (κ2) is 8.81. The maximum atomic E-state index is 13.0. The molecule has 3 aromatic rings. The second-order valence-corrected chi connectivity index (χ2v) is 11.4. The van der Waals surface area contributed by atoms with Crippen LogP contribution in [0.25, 0.3) is 10.2 Å². The van der Waals surface area contributed by atoms with Crippen LogP contribution in [-0.2, 0) is 21.8 Å². The molecule has 1 saturated heterocycles. The molecular weight excluding hydrogens is 478 g/mol. The number of ether oxygens (including phenoxy) is 3. The number of amides is 1. The zero-order valence-corrected chi connectivity index (χ0v) is 20.7. The van der Waals surface area contributed by atoms with Gasteiger partial charge in [0.15, 0.2) is 16.3 Å². The fourth-order valence-electron chi connectivity index (χ4n) is 4.17. The fraction of sp³-hybridized carbons (Fsp3) is 0.391. The molecule has 0 aliphatic carbocycles. The van der Waals surface area contributed by atoms with E-state index in [2.05, 4.69) is 4.99 Å². The van der Waals surface area contributed by atoms with Crippen molar-refractivity contribution in [3.8, 4) is 11.5 Å². The van der Waals surface area contributed by atoms with Crippen molar-refractivity contribution in [1.82, 2.24) is 8.87 Å². The Labute approximate surface area is 201 Å². The molecule has 1 amide bonds. The first-order valence-corrected chi connectivity index (χ1v) is 13.2. The molecule has 5 rings (SSSR count). The van der Waals surface area contributed by atoms with Gasteiger partial charge >= 0.3 is 0 Å². The smallest absolute Gasteiger partial charge is 0.279 e. The van der Waals surface area contributed by atoms with Gasteiger partial charge in [0.2, 0.25) is 10.0 Å². The molecule has 0 spiro atoms. The summed E-state index contributed by atoms with van der Waals surface area (Å²) in [6, 6.07) is 9.69. The van der Waals surface area contributed by atoms with Gasteiger partial charge in [-0.05, 0) is 38.1 Å². The lowest BCUT2D eigenvalue weighted by molar-refractivity contribution is -0.0440. The predicted octanol–water partition coefficient (Wildman–Crippen LogP) is 2.55. The van der Waals surface area contributed by atoms with Crippen LogP contribution in [0, 0.1) is 0 Å². The maximum Gasteiger partial charge on any atom is 0.279 e. The van der Waals surface area contributed by atoms with Gasteiger partial charge in [0.1, 0.15) is 13.2 Å². The van der Waals surface area contributed by atoms with E-state index in [4.69, 9.17) is 14.2 Å². The van der Waals surface area contributed by atoms with Crippen molar-refractivity contribution in [2.24, 2.45) is 12.0 Å². The van der Waals surface area contributed by atoms with Crippen molar-refractivity contribution >= 4 is 37.5 Å². The number of hydrogen-bond acceptors (Lipinski definition) is 7. The van der Waals surface area contributed by atoms with Crippen LogP contribution in [0.5, 0.6) is 11.5 Å². The Morgan fingerprint density at radius 2 is 1.65 bits per heavy atom. The first-order valence-electron chi connectivity index (χ1n) is 11.0. The number of aromatic nitrogens is 1. The Morgan fingerprint density at radius 3 is 2.29 bits per heavy atom. The second-order valence-electron chi connectivity index (χ2n) is 8.43. The van der Waals surface area contributed by atoms with Crippen molar-refractivity contribution in [2.75, 3.05) is 26.3 Å². The average Bonchev–Trinajstić information content (AvgIpc) is 3.11. The van der Waals surface area contributed by atoms with E-state index < -0.39 is 15.9 Å². The van der Waals surface area contributed by atoms with Gasteiger partial charge in [0.25, 0.3) is 5.91 Å². The average molecular weight is 504 g/mol. The van der Waals surface area contributed by atoms with Crippen LogP contribution in [-0.4, -0.2) is 61.7 Å². The number of nitrogens with zero attached hydrogens (tertiary/aromatic N) is 3. The molecule has 2 aromatic carbocycles. The number of fused-ring (bicyclic) bond motifs is 2. The number of benzene rings is 2. The molecule has 11 heteroatoms. The molecule has 0 N–H and O–H groups in total. The minimum absolute atomic E-state index is 0.142. The first-order chi connectivity index (χ1) is 16.2. The highest BCUT2D eigenvalue weighted by atomic mass is 32.2. The summed E-state index contributed by atoms with van der Waals surface area (Å²) in [5, 5.41) is 0. The number of carbonyl (C=O) groups excluding carboxylic acids is 1. The third-order valence-electron chi connectivity index (χ3n) is 5.80. The molecule has 2 atom stereocenters. The number of hydrogen-bond donors (Lipinski definition) is 0. The van der Waals surface area contributed by atoms with E-state index in [0.717, 1.165) is 10.2 Å². The lowest BCUT2D eigenvalue weighted by atomic mass is 10.2. The van der Waals surface area contributed by atoms with Crippen molar-refractivity contribution in [3.63, 3.8) is 0 Å². The first kappa shape index (κ1) is 23.0. The highest BCUT2D eigenvalue weighted by Gasteiger charge is 2.32. The SMILES string of the molecule is CC1CN(S(=O)(=O)c2ccc(C(=O)N=c3sc4cc5c(cc4n3C)OCCO5)cc2)CC(C)O1. The van der Waals surface area contributed by atoms with Crippen LogP contribution < -0.4 is 14.3 Å². The fourth-order valence-corrected chi connectivity index (χ4v) is 6.79. The summed E-state index contributed by atoms with van der Waals surface area (Å²) in [6.45, 7) is 5.29. The number of morpholine rings is 1. The molecule has 2 unspecified atom stereocenters. The summed E-state index contributed by atoms with van der Waals surface area (Å²) >= 11 is 1.37. The zero-order chi connectivity index (χ0) is 24.0. The van der Waals surface area contributed by atoms with Gasteiger partial charge < -0.3 is 18.8 Å². The number of rotatable bonds is 3. The molecule has 0 radical (unpaired) electrons. The van der Waals surface area contributed by atoms with Crippen molar-refractivity contribution in [1.29, 1.82) is 0 Å². The maximum absolute atomic E-state index is 13.0. The van der Waals surface area contributed by atoms with Crippen LogP contribution in [0.1, 0.15) is 24.2 Å². The lowest BCUT2D eigenvalue weighted by Gasteiger charge is -2.34. The predicted molar refractivity (Wildman–Crippen MR) is 127 cm³/mol. The van der Waals surface area contributed by atoms with E-state index in [-0.39, 0.29) is 17.1 Å². The highest BCUT2D eigenvalue weighted by molar-refractivity contribution is 7.89. The molecule has 9 nitrogen and oxygen atoms in total. The summed E-state index contributed by atoms with van der Waals surface area (Å²) in [7, 11) is -1.84. The number of carbonyl (C=O) groups is 1. The molecule has 2 aliphatic rings. The third kappa shape index (κ3) is 4.24. The summed E-state index contributed by atoms with van der Waals surface area (Å²) in [5.74, 6) is 0.905. The zero-order valence-electron chi connectivity index (χ0n) is 19.1. The molecule has 3 heterocycles. The van der Waals surface area contributed by atoms with Gasteiger partial charge in [0.05, 0.1) is 27.3 Å². The molecule has 34 heavy (non-hydrogen) atoms. The van der Waals surface area contributed by atoms with Gasteiger partial charge in [-0.15, -0.1) is 0 Å². The third-order valence-corrected chi connectivity index (χ3v) is 8.74. The quantitative estimate of drug-likeness (QED) is 0.545. The van der Waals surface area contributed by atoms with Crippen molar-refractivity contribution < 1.29 is 27.4 Å². The van der Waals surface area contributed by atoms with Gasteiger partial charge in [-0.1, -0.05) is 11.3 Å². The standard InChI is InChI=1S/C23H25N3O6S2/c1-14-12-26(13-15(2)32-14)34(28,29)17-6-4-16(5-7-17)22(27)24-23-25(3)18-10-19-20(11-21(18)33-23)31-9-8-30-19/h4-7,10-11,14-15H,8-9,12-13H2,1-3H3. The minimum atomic E-state index is -3.68. The number of thiazole rings is 1. The van der Waals surface area contributed by atoms with Crippen molar-refractivity contribution in [2.45, 2.75) is 31.0 Å². The summed E-state index contributed by atoms with van der Waals surface area (Å²) < 4.78 is 47.2. The normalized spacial score (nSPS) is 21.7. The van der Waals surface area contributed by atoms with E-state index in [1.54, 1.807) is 0 Å². The van der Waals surface area contributed by atoms with Gasteiger partial charge in [-0.25, -0.2) is 8.42 Å². The number of sulfonamides is 1. The van der Waals surface area contributed by atoms with Crippen LogP contribution in [0.2, 0.25) is 0 Å². The largest absolute Gasteiger partial charge is 0.486 e. The van der Waals surface area contributed by atoms with E-state index in [0.29, 0.717) is 48.2 Å². The molecule has 1 fully saturated rings. The Balaban J connectivity index is 1.41. The Morgan fingerprint density at radius 1 is 1.03 bits per heavy atom. The van der Waals surface area contributed by atoms with Crippen LogP contribution in [0.3, 0.4) is 0 Å². The minimum Gasteiger partial charge on any atom is -0.486 e. The van der Waals surface area contributed by atoms with E-state index in [1.165, 1.54) is 39.9 Å². The van der Waals surface area contributed by atoms with Crippen LogP contribution in [0.4, 0.5) is 0 Å². The topological polar surface area (TPSA) is 99.4 Å². The van der Waals surface area contributed by atoms with Gasteiger partial charge in [0, 0.05) is 37.8 Å². The Kier molecular flexibility index (Phi) is 5.96. The monoisotopic (exact) mass is 503 g/mol. The van der Waals surface area contributed by atoms with Gasteiger partial charge in [-0.2, -0.15) is 9.30 Å². The van der Waals surface area contributed by atoms with Crippen LogP contribution in [0.15, 0.2) is 46.3 Å². The van der Waals surface area contributed by atoms with Gasteiger partial charge in [-0.3, -0.25) is 4.79 Å². The van der Waals surface area contributed by atoms with Crippen molar-refractivity contribution in [3.05, 3.63) is 46.8 Å². The Hall–Kier alpha value is -2.73. The summed E-state index contributed by atoms with van der Waals surface area (Å²) in [6.07, 6.45) is -0.354. The highest BCUT2D eigenvalue weighted by Crippen LogP contribution is 2.35. The molecule has 0 bridgehead atoms. The van der Waals surface area contributed by atoms with Crippen LogP contribution >= 0.6 is 11.3 Å². The van der Waals surface area contributed by atoms with E-state index >= 15 is 0 Å². The molecule has 0 saturated carbocycles.